The van der Waals surface area contributed by atoms with Gasteiger partial charge in [0.1, 0.15) is 0 Å². The number of nitrogens with two attached hydrogens (primary N) is 1. The van der Waals surface area contributed by atoms with Gasteiger partial charge < -0.3 is 15.2 Å². The van der Waals surface area contributed by atoms with E-state index >= 15 is 0 Å². The molecule has 23 heavy (non-hydrogen) atoms. The SMILES string of the molecule is COc1ccc(-c2n[nH]n(-c3ccccc3N)c2=O)cc1OC. The number of nitrogens with one attached hydrogen (secondary N) is 1. The Hall–Kier alpha value is -3.22. The van der Waals surface area contributed by atoms with Crippen LogP contribution in [0.25, 0.3) is 16.9 Å². The van der Waals surface area contributed by atoms with Gasteiger partial charge in [0.25, 0.3) is 5.56 Å². The molecule has 0 unspecified atom stereocenters. The topological polar surface area (TPSA) is 95.2 Å². The number of benzene rings is 2. The Morgan fingerprint density at radius 1 is 1.09 bits per heavy atom. The first kappa shape index (κ1) is 14.7. The van der Waals surface area contributed by atoms with Crippen molar-refractivity contribution in [3.8, 4) is 28.4 Å². The molecule has 0 aliphatic heterocycles. The van der Waals surface area contributed by atoms with Gasteiger partial charge in [-0.05, 0) is 30.3 Å². The lowest BCUT2D eigenvalue weighted by atomic mass is 10.1. The maximum absolute atomic E-state index is 12.6. The van der Waals surface area contributed by atoms with Crippen molar-refractivity contribution in [3.63, 3.8) is 0 Å². The van der Waals surface area contributed by atoms with Crippen molar-refractivity contribution in [1.29, 1.82) is 0 Å². The fraction of sp³-hybridized carbons (Fsp3) is 0.125. The van der Waals surface area contributed by atoms with Gasteiger partial charge in [-0.3, -0.25) is 4.79 Å². The Morgan fingerprint density at radius 2 is 1.83 bits per heavy atom. The fourth-order valence-corrected chi connectivity index (χ4v) is 2.33. The molecule has 3 N–H and O–H groups in total. The lowest BCUT2D eigenvalue weighted by Crippen LogP contribution is -2.17. The van der Waals surface area contributed by atoms with Crippen LogP contribution in [0, 0.1) is 0 Å². The second-order valence-corrected chi connectivity index (χ2v) is 4.83. The van der Waals surface area contributed by atoms with E-state index in [4.69, 9.17) is 15.2 Å². The maximum atomic E-state index is 12.6. The molecule has 3 rings (SSSR count). The molecule has 0 saturated carbocycles. The summed E-state index contributed by atoms with van der Waals surface area (Å²) >= 11 is 0. The van der Waals surface area contributed by atoms with Crippen molar-refractivity contribution < 1.29 is 9.47 Å². The molecule has 0 spiro atoms. The first-order chi connectivity index (χ1) is 11.2. The molecule has 7 heteroatoms. The Kier molecular flexibility index (Phi) is 3.76. The van der Waals surface area contributed by atoms with E-state index < -0.39 is 0 Å². The van der Waals surface area contributed by atoms with Crippen LogP contribution in [0.4, 0.5) is 5.69 Å². The van der Waals surface area contributed by atoms with Crippen LogP contribution < -0.4 is 20.8 Å². The molecule has 2 aromatic carbocycles. The van der Waals surface area contributed by atoms with Gasteiger partial charge in [0.05, 0.1) is 25.6 Å². The lowest BCUT2D eigenvalue weighted by molar-refractivity contribution is 0.355. The Balaban J connectivity index is 2.10. The van der Waals surface area contributed by atoms with Crippen LogP contribution in [-0.2, 0) is 0 Å². The predicted molar refractivity (Wildman–Crippen MR) is 87.1 cm³/mol. The van der Waals surface area contributed by atoms with E-state index in [-0.39, 0.29) is 11.3 Å². The second kappa shape index (κ2) is 5.88. The number of hydrogen-bond donors (Lipinski definition) is 2. The quantitative estimate of drug-likeness (QED) is 0.717. The molecule has 1 aromatic heterocycles. The van der Waals surface area contributed by atoms with Gasteiger partial charge in [-0.1, -0.05) is 12.1 Å². The first-order valence-electron chi connectivity index (χ1n) is 6.90. The molecular formula is C16H16N4O3. The lowest BCUT2D eigenvalue weighted by Gasteiger charge is -2.07. The number of ether oxygens (including phenoxy) is 2. The zero-order chi connectivity index (χ0) is 16.4. The number of aromatic amines is 1. The molecule has 1 heterocycles. The van der Waals surface area contributed by atoms with Crippen LogP contribution in [0.3, 0.4) is 0 Å². The van der Waals surface area contributed by atoms with Crippen molar-refractivity contribution in [3.05, 3.63) is 52.8 Å². The number of nitrogens with zero attached hydrogens (tertiary/aromatic N) is 2. The first-order valence-corrected chi connectivity index (χ1v) is 6.90. The molecule has 0 aliphatic rings. The summed E-state index contributed by atoms with van der Waals surface area (Å²) in [6.07, 6.45) is 0. The molecule has 0 bridgehead atoms. The summed E-state index contributed by atoms with van der Waals surface area (Å²) < 4.78 is 11.8. The zero-order valence-corrected chi connectivity index (χ0v) is 12.7. The fourth-order valence-electron chi connectivity index (χ4n) is 2.33. The van der Waals surface area contributed by atoms with Crippen LogP contribution in [0.2, 0.25) is 0 Å². The third-order valence-corrected chi connectivity index (χ3v) is 3.50. The molecule has 0 aliphatic carbocycles. The van der Waals surface area contributed by atoms with E-state index in [2.05, 4.69) is 10.3 Å². The Labute approximate surface area is 132 Å². The largest absolute Gasteiger partial charge is 0.493 e. The molecular weight excluding hydrogens is 296 g/mol. The van der Waals surface area contributed by atoms with Gasteiger partial charge in [0.15, 0.2) is 17.2 Å². The minimum Gasteiger partial charge on any atom is -0.493 e. The number of H-pyrrole nitrogens is 1. The van der Waals surface area contributed by atoms with Crippen molar-refractivity contribution in [2.45, 2.75) is 0 Å². The van der Waals surface area contributed by atoms with Crippen LogP contribution in [0.15, 0.2) is 47.3 Å². The highest BCUT2D eigenvalue weighted by Gasteiger charge is 2.15. The standard InChI is InChI=1S/C16H16N4O3/c1-22-13-8-7-10(9-14(13)23-2)15-16(21)20(19-18-15)12-6-4-3-5-11(12)17/h3-9,19H,17H2,1-2H3. The normalized spacial score (nSPS) is 10.5. The average molecular weight is 312 g/mol. The minimum atomic E-state index is -0.296. The minimum absolute atomic E-state index is 0.272. The van der Waals surface area contributed by atoms with Gasteiger partial charge in [-0.15, -0.1) is 0 Å². The van der Waals surface area contributed by atoms with Crippen molar-refractivity contribution in [1.82, 2.24) is 15.0 Å². The second-order valence-electron chi connectivity index (χ2n) is 4.83. The molecule has 118 valence electrons. The number of para-hydroxylation sites is 2. The highest BCUT2D eigenvalue weighted by molar-refractivity contribution is 5.64. The Bertz CT molecular complexity index is 898. The summed E-state index contributed by atoms with van der Waals surface area (Å²) in [6.45, 7) is 0. The Morgan fingerprint density at radius 3 is 2.52 bits per heavy atom. The number of hydrogen-bond acceptors (Lipinski definition) is 5. The molecule has 0 atom stereocenters. The average Bonchev–Trinajstić information content (AvgIpc) is 2.96. The number of anilines is 1. The number of aromatic nitrogens is 3. The van der Waals surface area contributed by atoms with Gasteiger partial charge in [0, 0.05) is 5.56 Å². The summed E-state index contributed by atoms with van der Waals surface area (Å²) in [6, 6.07) is 12.2. The number of nitrogen functional groups attached to an aromatic ring is 1. The van der Waals surface area contributed by atoms with Gasteiger partial charge >= 0.3 is 0 Å². The maximum Gasteiger partial charge on any atom is 0.299 e. The van der Waals surface area contributed by atoms with E-state index in [1.165, 1.54) is 11.8 Å². The van der Waals surface area contributed by atoms with Gasteiger partial charge in [-0.2, -0.15) is 9.78 Å². The van der Waals surface area contributed by atoms with E-state index in [0.717, 1.165) is 0 Å². The number of methoxy groups -OCH3 is 2. The van der Waals surface area contributed by atoms with Gasteiger partial charge in [0.2, 0.25) is 0 Å². The predicted octanol–water partition coefficient (Wildman–Crippen LogP) is 1.83. The summed E-state index contributed by atoms with van der Waals surface area (Å²) in [7, 11) is 3.09. The third-order valence-electron chi connectivity index (χ3n) is 3.50. The van der Waals surface area contributed by atoms with E-state index in [0.29, 0.717) is 28.4 Å². The van der Waals surface area contributed by atoms with Crippen molar-refractivity contribution >= 4 is 5.69 Å². The third kappa shape index (κ3) is 2.52. The summed E-state index contributed by atoms with van der Waals surface area (Å²) in [5.41, 5.74) is 7.54. The number of rotatable bonds is 4. The molecule has 0 radical (unpaired) electrons. The summed E-state index contributed by atoms with van der Waals surface area (Å²) in [5, 5.41) is 6.81. The highest BCUT2D eigenvalue weighted by atomic mass is 16.5. The monoisotopic (exact) mass is 312 g/mol. The van der Waals surface area contributed by atoms with E-state index in [1.807, 2.05) is 0 Å². The van der Waals surface area contributed by atoms with Crippen LogP contribution in [-0.4, -0.2) is 29.2 Å². The summed E-state index contributed by atoms with van der Waals surface area (Å²) in [5.74, 6) is 1.11. The van der Waals surface area contributed by atoms with Gasteiger partial charge in [-0.25, -0.2) is 5.21 Å². The molecule has 0 saturated heterocycles. The molecule has 0 amide bonds. The van der Waals surface area contributed by atoms with Crippen LogP contribution in [0.1, 0.15) is 0 Å². The van der Waals surface area contributed by atoms with Crippen molar-refractivity contribution in [2.75, 3.05) is 20.0 Å². The van der Waals surface area contributed by atoms with Crippen LogP contribution in [0.5, 0.6) is 11.5 Å². The van der Waals surface area contributed by atoms with Crippen molar-refractivity contribution in [2.24, 2.45) is 0 Å². The highest BCUT2D eigenvalue weighted by Crippen LogP contribution is 2.30. The molecule has 7 nitrogen and oxygen atoms in total. The van der Waals surface area contributed by atoms with Crippen LogP contribution >= 0.6 is 0 Å². The zero-order valence-electron chi connectivity index (χ0n) is 12.7. The summed E-state index contributed by atoms with van der Waals surface area (Å²) in [4.78, 5) is 12.6. The molecule has 0 fully saturated rings. The smallest absolute Gasteiger partial charge is 0.299 e. The van der Waals surface area contributed by atoms with E-state index in [9.17, 15) is 4.79 Å². The molecule has 3 aromatic rings. The van der Waals surface area contributed by atoms with E-state index in [1.54, 1.807) is 49.6 Å².